The van der Waals surface area contributed by atoms with Crippen molar-refractivity contribution in [1.29, 1.82) is 0 Å². The molecule has 0 atom stereocenters. The van der Waals surface area contributed by atoms with Crippen LogP contribution in [-0.4, -0.2) is 16.0 Å². The lowest BCUT2D eigenvalue weighted by Crippen LogP contribution is -2.28. The molecular formula is C18H18N4O2. The van der Waals surface area contributed by atoms with Gasteiger partial charge in [-0.05, 0) is 50.1 Å². The van der Waals surface area contributed by atoms with Crippen molar-refractivity contribution in [2.45, 2.75) is 32.2 Å². The van der Waals surface area contributed by atoms with Crippen LogP contribution in [0.5, 0.6) is 0 Å². The third-order valence-electron chi connectivity index (χ3n) is 3.96. The van der Waals surface area contributed by atoms with Crippen molar-refractivity contribution in [3.63, 3.8) is 0 Å². The highest BCUT2D eigenvalue weighted by Gasteiger charge is 2.28. The number of benzene rings is 1. The lowest BCUT2D eigenvalue weighted by atomic mass is 10.3. The predicted octanol–water partition coefficient (Wildman–Crippen LogP) is 3.73. The largest absolute Gasteiger partial charge is 0.440 e. The van der Waals surface area contributed by atoms with E-state index < -0.39 is 0 Å². The van der Waals surface area contributed by atoms with Crippen molar-refractivity contribution in [3.8, 4) is 0 Å². The summed E-state index contributed by atoms with van der Waals surface area (Å²) in [6, 6.07) is 10.9. The number of hydrogen-bond donors (Lipinski definition) is 2. The first-order valence-electron chi connectivity index (χ1n) is 8.05. The van der Waals surface area contributed by atoms with Crippen LogP contribution in [0.1, 0.15) is 36.0 Å². The highest BCUT2D eigenvalue weighted by atomic mass is 16.3. The van der Waals surface area contributed by atoms with Crippen molar-refractivity contribution in [3.05, 3.63) is 53.7 Å². The summed E-state index contributed by atoms with van der Waals surface area (Å²) in [5.41, 5.74) is 3.97. The fraction of sp³-hybridized carbons (Fsp3) is 0.278. The standard InChI is InChI=1S/C18H18N4O2/c1-11-3-2-4-14(20-11)10-19-18(23)21-13-7-8-16-15(9-13)22-17(24-16)12-5-6-12/h2-4,7-9,12H,5-6,10H2,1H3,(H2,19,21,23). The summed E-state index contributed by atoms with van der Waals surface area (Å²) in [4.78, 5) is 20.9. The molecule has 1 aliphatic rings. The molecular weight excluding hydrogens is 304 g/mol. The maximum absolute atomic E-state index is 12.0. The number of aryl methyl sites for hydroxylation is 1. The normalized spacial score (nSPS) is 13.9. The monoisotopic (exact) mass is 322 g/mol. The number of nitrogens with one attached hydrogen (secondary N) is 2. The summed E-state index contributed by atoms with van der Waals surface area (Å²) in [5, 5.41) is 5.61. The average Bonchev–Trinajstić information content (AvgIpc) is 3.33. The summed E-state index contributed by atoms with van der Waals surface area (Å²) in [7, 11) is 0. The van der Waals surface area contributed by atoms with E-state index in [1.807, 2.05) is 43.3 Å². The number of anilines is 1. The molecule has 122 valence electrons. The minimum atomic E-state index is -0.274. The molecule has 1 aromatic carbocycles. The van der Waals surface area contributed by atoms with Crippen molar-refractivity contribution in [2.75, 3.05) is 5.32 Å². The number of aromatic nitrogens is 2. The molecule has 2 heterocycles. The topological polar surface area (TPSA) is 80.0 Å². The minimum absolute atomic E-state index is 0.274. The summed E-state index contributed by atoms with van der Waals surface area (Å²) in [6.07, 6.45) is 2.29. The molecule has 2 aromatic heterocycles. The number of fused-ring (bicyclic) bond motifs is 1. The molecule has 6 heteroatoms. The zero-order chi connectivity index (χ0) is 16.5. The van der Waals surface area contributed by atoms with Crippen LogP contribution in [0.4, 0.5) is 10.5 Å². The number of pyridine rings is 1. The minimum Gasteiger partial charge on any atom is -0.440 e. The van der Waals surface area contributed by atoms with Crippen molar-refractivity contribution in [1.82, 2.24) is 15.3 Å². The molecule has 4 rings (SSSR count). The Morgan fingerprint density at radius 1 is 1.25 bits per heavy atom. The molecule has 1 saturated carbocycles. The molecule has 0 bridgehead atoms. The SMILES string of the molecule is Cc1cccc(CNC(=O)Nc2ccc3oc(C4CC4)nc3c2)n1. The van der Waals surface area contributed by atoms with E-state index >= 15 is 0 Å². The van der Waals surface area contributed by atoms with Crippen LogP contribution in [0, 0.1) is 6.92 Å². The maximum atomic E-state index is 12.0. The van der Waals surface area contributed by atoms with E-state index in [-0.39, 0.29) is 6.03 Å². The van der Waals surface area contributed by atoms with E-state index in [2.05, 4.69) is 20.6 Å². The molecule has 6 nitrogen and oxygen atoms in total. The van der Waals surface area contributed by atoms with Crippen LogP contribution in [-0.2, 0) is 6.54 Å². The number of oxazole rings is 1. The van der Waals surface area contributed by atoms with Crippen molar-refractivity contribution < 1.29 is 9.21 Å². The molecule has 0 unspecified atom stereocenters. The van der Waals surface area contributed by atoms with Gasteiger partial charge in [-0.15, -0.1) is 0 Å². The van der Waals surface area contributed by atoms with Gasteiger partial charge in [0.05, 0.1) is 12.2 Å². The Morgan fingerprint density at radius 3 is 2.92 bits per heavy atom. The number of hydrogen-bond acceptors (Lipinski definition) is 4. The fourth-order valence-electron chi connectivity index (χ4n) is 2.57. The van der Waals surface area contributed by atoms with Crippen LogP contribution in [0.3, 0.4) is 0 Å². The van der Waals surface area contributed by atoms with Gasteiger partial charge in [0.25, 0.3) is 0 Å². The first-order chi connectivity index (χ1) is 11.7. The molecule has 1 fully saturated rings. The van der Waals surface area contributed by atoms with Gasteiger partial charge in [0, 0.05) is 17.3 Å². The van der Waals surface area contributed by atoms with Gasteiger partial charge >= 0.3 is 6.03 Å². The van der Waals surface area contributed by atoms with E-state index in [1.165, 1.54) is 0 Å². The number of nitrogens with zero attached hydrogens (tertiary/aromatic N) is 2. The lowest BCUT2D eigenvalue weighted by Gasteiger charge is -2.07. The second kappa shape index (κ2) is 5.96. The molecule has 0 aliphatic heterocycles. The van der Waals surface area contributed by atoms with E-state index in [0.717, 1.165) is 41.2 Å². The molecule has 2 amide bonds. The molecule has 1 aliphatic carbocycles. The molecule has 24 heavy (non-hydrogen) atoms. The summed E-state index contributed by atoms with van der Waals surface area (Å²) >= 11 is 0. The Hall–Kier alpha value is -2.89. The first-order valence-corrected chi connectivity index (χ1v) is 8.05. The smallest absolute Gasteiger partial charge is 0.319 e. The van der Waals surface area contributed by atoms with Crippen LogP contribution >= 0.6 is 0 Å². The van der Waals surface area contributed by atoms with Crippen LogP contribution in [0.15, 0.2) is 40.8 Å². The quantitative estimate of drug-likeness (QED) is 0.767. The zero-order valence-electron chi connectivity index (χ0n) is 13.4. The number of rotatable bonds is 4. The third kappa shape index (κ3) is 3.22. The predicted molar refractivity (Wildman–Crippen MR) is 90.8 cm³/mol. The number of urea groups is 1. The van der Waals surface area contributed by atoms with Crippen LogP contribution < -0.4 is 10.6 Å². The Kier molecular flexibility index (Phi) is 3.65. The molecule has 0 radical (unpaired) electrons. The number of amides is 2. The summed E-state index contributed by atoms with van der Waals surface area (Å²) < 4.78 is 5.72. The van der Waals surface area contributed by atoms with Crippen LogP contribution in [0.2, 0.25) is 0 Å². The van der Waals surface area contributed by atoms with Gasteiger partial charge in [-0.2, -0.15) is 0 Å². The zero-order valence-corrected chi connectivity index (χ0v) is 13.4. The third-order valence-corrected chi connectivity index (χ3v) is 3.96. The summed E-state index contributed by atoms with van der Waals surface area (Å²) in [6.45, 7) is 2.30. The number of carbonyl (C=O) groups excluding carboxylic acids is 1. The Bertz CT molecular complexity index is 899. The van der Waals surface area contributed by atoms with Gasteiger partial charge in [-0.3, -0.25) is 4.98 Å². The molecule has 0 saturated heterocycles. The van der Waals surface area contributed by atoms with E-state index in [1.54, 1.807) is 0 Å². The molecule has 0 spiro atoms. The van der Waals surface area contributed by atoms with Gasteiger partial charge in [0.2, 0.25) is 0 Å². The fourth-order valence-corrected chi connectivity index (χ4v) is 2.57. The average molecular weight is 322 g/mol. The van der Waals surface area contributed by atoms with Gasteiger partial charge in [-0.1, -0.05) is 6.07 Å². The second-order valence-electron chi connectivity index (χ2n) is 6.09. The molecule has 3 aromatic rings. The van der Waals surface area contributed by atoms with Gasteiger partial charge in [0.1, 0.15) is 5.52 Å². The second-order valence-corrected chi connectivity index (χ2v) is 6.09. The van der Waals surface area contributed by atoms with E-state index in [4.69, 9.17) is 4.42 Å². The van der Waals surface area contributed by atoms with Crippen molar-refractivity contribution >= 4 is 22.8 Å². The van der Waals surface area contributed by atoms with E-state index in [9.17, 15) is 4.79 Å². The summed E-state index contributed by atoms with van der Waals surface area (Å²) in [5.74, 6) is 1.27. The first kappa shape index (κ1) is 14.7. The van der Waals surface area contributed by atoms with Gasteiger partial charge in [-0.25, -0.2) is 9.78 Å². The molecule has 2 N–H and O–H groups in total. The van der Waals surface area contributed by atoms with Gasteiger partial charge < -0.3 is 15.1 Å². The Morgan fingerprint density at radius 2 is 2.12 bits per heavy atom. The highest BCUT2D eigenvalue weighted by molar-refractivity contribution is 5.91. The Balaban J connectivity index is 1.40. The van der Waals surface area contributed by atoms with Gasteiger partial charge in [0.15, 0.2) is 11.5 Å². The van der Waals surface area contributed by atoms with Crippen LogP contribution in [0.25, 0.3) is 11.1 Å². The van der Waals surface area contributed by atoms with Crippen molar-refractivity contribution in [2.24, 2.45) is 0 Å². The van der Waals surface area contributed by atoms with E-state index in [0.29, 0.717) is 18.2 Å². The Labute approximate surface area is 139 Å². The lowest BCUT2D eigenvalue weighted by molar-refractivity contribution is 0.251. The highest BCUT2D eigenvalue weighted by Crippen LogP contribution is 2.40. The number of carbonyl (C=O) groups is 1. The maximum Gasteiger partial charge on any atom is 0.319 e.